The minimum atomic E-state index is -1.59. The Morgan fingerprint density at radius 1 is 1.00 bits per heavy atom. The molecular formula is C22H22F4O2. The molecule has 150 valence electrons. The highest BCUT2D eigenvalue weighted by Crippen LogP contribution is 2.35. The zero-order valence-electron chi connectivity index (χ0n) is 15.6. The molecule has 1 aliphatic carbocycles. The van der Waals surface area contributed by atoms with Crippen LogP contribution in [0.1, 0.15) is 54.9 Å². The van der Waals surface area contributed by atoms with Crippen LogP contribution in [-0.2, 0) is 6.42 Å². The summed E-state index contributed by atoms with van der Waals surface area (Å²) < 4.78 is 55.6. The van der Waals surface area contributed by atoms with E-state index in [0.717, 1.165) is 43.9 Å². The summed E-state index contributed by atoms with van der Waals surface area (Å²) >= 11 is 0. The van der Waals surface area contributed by atoms with E-state index in [1.54, 1.807) is 0 Å². The fourth-order valence-corrected chi connectivity index (χ4v) is 3.98. The van der Waals surface area contributed by atoms with Crippen LogP contribution in [0.5, 0.6) is 0 Å². The second-order valence-corrected chi connectivity index (χ2v) is 7.68. The van der Waals surface area contributed by atoms with Gasteiger partial charge in [0.1, 0.15) is 5.82 Å². The van der Waals surface area contributed by atoms with Crippen molar-refractivity contribution in [2.24, 2.45) is 11.8 Å². The summed E-state index contributed by atoms with van der Waals surface area (Å²) in [6.45, 7) is 2.20. The van der Waals surface area contributed by atoms with Crippen molar-refractivity contribution in [2.75, 3.05) is 0 Å². The van der Waals surface area contributed by atoms with Crippen LogP contribution in [0, 0.1) is 35.1 Å². The number of halogens is 4. The Kier molecular flexibility index (Phi) is 6.06. The Labute approximate surface area is 161 Å². The molecule has 0 unspecified atom stereocenters. The maximum absolute atomic E-state index is 14.9. The third-order valence-electron chi connectivity index (χ3n) is 5.71. The molecule has 1 aliphatic rings. The first kappa shape index (κ1) is 20.4. The molecular weight excluding hydrogens is 372 g/mol. The van der Waals surface area contributed by atoms with Gasteiger partial charge in [-0.3, -0.25) is 0 Å². The largest absolute Gasteiger partial charge is 0.478 e. The predicted molar refractivity (Wildman–Crippen MR) is 98.1 cm³/mol. The standard InChI is InChI=1S/C22H22F4O2/c1-12-2-4-13(5-3-12)6-7-16-15(8-9-17(20(16)25)22(27)28)14-10-18(23)21(26)19(24)11-14/h8-13H,2-7H2,1H3,(H,27,28). The van der Waals surface area contributed by atoms with E-state index in [0.29, 0.717) is 18.3 Å². The lowest BCUT2D eigenvalue weighted by Crippen LogP contribution is -2.14. The van der Waals surface area contributed by atoms with Gasteiger partial charge in [-0.2, -0.15) is 0 Å². The lowest BCUT2D eigenvalue weighted by molar-refractivity contribution is 0.0691. The molecule has 2 aromatic rings. The molecule has 0 aliphatic heterocycles. The van der Waals surface area contributed by atoms with E-state index < -0.39 is 34.8 Å². The molecule has 1 N–H and O–H groups in total. The minimum absolute atomic E-state index is 0.0143. The fraction of sp³-hybridized carbons (Fsp3) is 0.409. The average Bonchev–Trinajstić information content (AvgIpc) is 2.65. The van der Waals surface area contributed by atoms with Gasteiger partial charge in [0.25, 0.3) is 0 Å². The molecule has 1 saturated carbocycles. The molecule has 28 heavy (non-hydrogen) atoms. The molecule has 0 bridgehead atoms. The number of carboxylic acid groups (broad SMARTS) is 1. The summed E-state index contributed by atoms with van der Waals surface area (Å²) in [5.74, 6) is -5.57. The average molecular weight is 394 g/mol. The normalized spacial score (nSPS) is 19.6. The van der Waals surface area contributed by atoms with Gasteiger partial charge in [0.15, 0.2) is 17.5 Å². The quantitative estimate of drug-likeness (QED) is 0.473. The van der Waals surface area contributed by atoms with E-state index in [1.165, 1.54) is 6.07 Å². The molecule has 2 aromatic carbocycles. The zero-order chi connectivity index (χ0) is 20.4. The number of benzene rings is 2. The Hall–Kier alpha value is -2.37. The molecule has 0 heterocycles. The van der Waals surface area contributed by atoms with E-state index in [-0.39, 0.29) is 23.1 Å². The van der Waals surface area contributed by atoms with Crippen LogP contribution in [0.3, 0.4) is 0 Å². The van der Waals surface area contributed by atoms with Crippen molar-refractivity contribution in [3.8, 4) is 11.1 Å². The SMILES string of the molecule is CC1CCC(CCc2c(-c3cc(F)c(F)c(F)c3)ccc(C(=O)O)c2F)CC1. The number of carboxylic acids is 1. The second kappa shape index (κ2) is 8.33. The Bertz CT molecular complexity index is 863. The van der Waals surface area contributed by atoms with E-state index in [2.05, 4.69) is 6.92 Å². The predicted octanol–water partition coefficient (Wildman–Crippen LogP) is 6.37. The van der Waals surface area contributed by atoms with Gasteiger partial charge < -0.3 is 5.11 Å². The molecule has 0 radical (unpaired) electrons. The Morgan fingerprint density at radius 3 is 2.18 bits per heavy atom. The fourth-order valence-electron chi connectivity index (χ4n) is 3.98. The number of hydrogen-bond donors (Lipinski definition) is 1. The molecule has 0 amide bonds. The topological polar surface area (TPSA) is 37.3 Å². The number of rotatable bonds is 5. The third kappa shape index (κ3) is 4.21. The van der Waals surface area contributed by atoms with Gasteiger partial charge in [-0.25, -0.2) is 22.4 Å². The van der Waals surface area contributed by atoms with Crippen molar-refractivity contribution in [1.82, 2.24) is 0 Å². The lowest BCUT2D eigenvalue weighted by atomic mass is 9.80. The van der Waals surface area contributed by atoms with E-state index in [1.807, 2.05) is 0 Å². The second-order valence-electron chi connectivity index (χ2n) is 7.68. The van der Waals surface area contributed by atoms with Crippen LogP contribution >= 0.6 is 0 Å². The molecule has 6 heteroatoms. The van der Waals surface area contributed by atoms with Crippen molar-refractivity contribution in [3.63, 3.8) is 0 Å². The van der Waals surface area contributed by atoms with Crippen LogP contribution in [-0.4, -0.2) is 11.1 Å². The lowest BCUT2D eigenvalue weighted by Gasteiger charge is -2.26. The van der Waals surface area contributed by atoms with Crippen molar-refractivity contribution in [1.29, 1.82) is 0 Å². The van der Waals surface area contributed by atoms with Gasteiger partial charge in [0.2, 0.25) is 0 Å². The van der Waals surface area contributed by atoms with Crippen LogP contribution < -0.4 is 0 Å². The van der Waals surface area contributed by atoms with Crippen LogP contribution in [0.15, 0.2) is 24.3 Å². The molecule has 3 rings (SSSR count). The minimum Gasteiger partial charge on any atom is -0.478 e. The summed E-state index contributed by atoms with van der Waals surface area (Å²) in [4.78, 5) is 11.3. The molecule has 0 spiro atoms. The first-order valence-corrected chi connectivity index (χ1v) is 9.47. The first-order chi connectivity index (χ1) is 13.3. The highest BCUT2D eigenvalue weighted by atomic mass is 19.2. The summed E-state index contributed by atoms with van der Waals surface area (Å²) in [7, 11) is 0. The highest BCUT2D eigenvalue weighted by Gasteiger charge is 2.23. The van der Waals surface area contributed by atoms with E-state index in [4.69, 9.17) is 0 Å². The van der Waals surface area contributed by atoms with Gasteiger partial charge in [0, 0.05) is 0 Å². The molecule has 1 fully saturated rings. The summed E-state index contributed by atoms with van der Waals surface area (Å²) in [6.07, 6.45) is 5.16. The summed E-state index contributed by atoms with van der Waals surface area (Å²) in [5, 5.41) is 9.21. The summed E-state index contributed by atoms with van der Waals surface area (Å²) in [6, 6.07) is 4.01. The van der Waals surface area contributed by atoms with Crippen LogP contribution in [0.2, 0.25) is 0 Å². The maximum atomic E-state index is 14.9. The first-order valence-electron chi connectivity index (χ1n) is 9.47. The molecule has 2 nitrogen and oxygen atoms in total. The van der Waals surface area contributed by atoms with Gasteiger partial charge in [0.05, 0.1) is 5.56 Å². The van der Waals surface area contributed by atoms with Crippen molar-refractivity contribution >= 4 is 5.97 Å². The van der Waals surface area contributed by atoms with Crippen LogP contribution in [0.4, 0.5) is 17.6 Å². The Balaban J connectivity index is 1.98. The number of carbonyl (C=O) groups is 1. The number of hydrogen-bond acceptors (Lipinski definition) is 1. The highest BCUT2D eigenvalue weighted by molar-refractivity contribution is 5.89. The molecule has 0 aromatic heterocycles. The van der Waals surface area contributed by atoms with Gasteiger partial charge in [-0.05, 0) is 59.6 Å². The van der Waals surface area contributed by atoms with Gasteiger partial charge >= 0.3 is 5.97 Å². The van der Waals surface area contributed by atoms with Gasteiger partial charge in [-0.15, -0.1) is 0 Å². The zero-order valence-corrected chi connectivity index (χ0v) is 15.6. The number of aromatic carboxylic acids is 1. The summed E-state index contributed by atoms with van der Waals surface area (Å²) in [5.41, 5.74) is -0.216. The van der Waals surface area contributed by atoms with E-state index in [9.17, 15) is 27.5 Å². The Morgan fingerprint density at radius 2 is 1.61 bits per heavy atom. The molecule has 0 saturated heterocycles. The van der Waals surface area contributed by atoms with E-state index >= 15 is 0 Å². The van der Waals surface area contributed by atoms with Gasteiger partial charge in [-0.1, -0.05) is 38.7 Å². The molecule has 0 atom stereocenters. The smallest absolute Gasteiger partial charge is 0.338 e. The van der Waals surface area contributed by atoms with Crippen molar-refractivity contribution in [2.45, 2.75) is 45.4 Å². The van der Waals surface area contributed by atoms with Crippen molar-refractivity contribution in [3.05, 3.63) is 58.7 Å². The monoisotopic (exact) mass is 394 g/mol. The van der Waals surface area contributed by atoms with Crippen molar-refractivity contribution < 1.29 is 27.5 Å². The van der Waals surface area contributed by atoms with Crippen LogP contribution in [0.25, 0.3) is 11.1 Å². The maximum Gasteiger partial charge on any atom is 0.338 e. The third-order valence-corrected chi connectivity index (χ3v) is 5.71.